The first-order valence-electron chi connectivity index (χ1n) is 5.08. The third kappa shape index (κ3) is 2.82. The Morgan fingerprint density at radius 1 is 1.36 bits per heavy atom. The van der Waals surface area contributed by atoms with Gasteiger partial charge in [-0.2, -0.15) is 0 Å². The van der Waals surface area contributed by atoms with Crippen LogP contribution in [0.5, 0.6) is 0 Å². The Morgan fingerprint density at radius 2 is 2.07 bits per heavy atom. The molecule has 3 N–H and O–H groups in total. The number of benzene rings is 1. The van der Waals surface area contributed by atoms with Crippen molar-refractivity contribution in [1.82, 2.24) is 0 Å². The third-order valence-corrected chi connectivity index (χ3v) is 2.67. The van der Waals surface area contributed by atoms with E-state index in [1.807, 2.05) is 6.07 Å². The minimum Gasteiger partial charge on any atom is -0.393 e. The maximum atomic E-state index is 9.64. The van der Waals surface area contributed by atoms with Gasteiger partial charge >= 0.3 is 0 Å². The van der Waals surface area contributed by atoms with Gasteiger partial charge in [-0.25, -0.2) is 0 Å². The van der Waals surface area contributed by atoms with Crippen LogP contribution in [-0.2, 0) is 6.42 Å². The Bertz CT molecular complexity index is 296. The number of aryl methyl sites for hydroxylation is 1. The Hall–Kier alpha value is -0.860. The van der Waals surface area contributed by atoms with Crippen molar-refractivity contribution in [3.63, 3.8) is 0 Å². The monoisotopic (exact) mass is 193 g/mol. The molecule has 0 radical (unpaired) electrons. The van der Waals surface area contributed by atoms with E-state index in [0.29, 0.717) is 19.4 Å². The van der Waals surface area contributed by atoms with Crippen molar-refractivity contribution in [3.05, 3.63) is 34.9 Å². The van der Waals surface area contributed by atoms with Gasteiger partial charge in [-0.15, -0.1) is 0 Å². The molecule has 0 spiro atoms. The van der Waals surface area contributed by atoms with Crippen LogP contribution < -0.4 is 5.73 Å². The normalized spacial score (nSPS) is 12.9. The van der Waals surface area contributed by atoms with Crippen LogP contribution in [0, 0.1) is 13.8 Å². The molecule has 0 bridgehead atoms. The molecule has 0 aliphatic rings. The average Bonchev–Trinajstić information content (AvgIpc) is 2.13. The van der Waals surface area contributed by atoms with E-state index in [0.717, 1.165) is 0 Å². The molecule has 0 saturated carbocycles. The first-order valence-corrected chi connectivity index (χ1v) is 5.08. The van der Waals surface area contributed by atoms with E-state index in [2.05, 4.69) is 26.0 Å². The van der Waals surface area contributed by atoms with Gasteiger partial charge in [0.15, 0.2) is 0 Å². The molecule has 1 atom stereocenters. The Morgan fingerprint density at radius 3 is 2.71 bits per heavy atom. The largest absolute Gasteiger partial charge is 0.393 e. The zero-order valence-electron chi connectivity index (χ0n) is 8.96. The van der Waals surface area contributed by atoms with Crippen LogP contribution in [0.4, 0.5) is 0 Å². The summed E-state index contributed by atoms with van der Waals surface area (Å²) in [4.78, 5) is 0. The molecule has 1 unspecified atom stereocenters. The van der Waals surface area contributed by atoms with Gasteiger partial charge in [-0.1, -0.05) is 18.2 Å². The fraction of sp³-hybridized carbons (Fsp3) is 0.500. The molecule has 0 aliphatic carbocycles. The zero-order valence-corrected chi connectivity index (χ0v) is 8.96. The minimum atomic E-state index is -0.305. The van der Waals surface area contributed by atoms with Gasteiger partial charge in [0.25, 0.3) is 0 Å². The van der Waals surface area contributed by atoms with Crippen LogP contribution >= 0.6 is 0 Å². The van der Waals surface area contributed by atoms with Crippen molar-refractivity contribution in [2.45, 2.75) is 32.8 Å². The lowest BCUT2D eigenvalue weighted by molar-refractivity contribution is 0.167. The standard InChI is InChI=1S/C12H19NO/c1-9-4-3-5-11(10(9)2)8-12(14)6-7-13/h3-5,12,14H,6-8,13H2,1-2H3. The zero-order chi connectivity index (χ0) is 10.6. The third-order valence-electron chi connectivity index (χ3n) is 2.67. The number of aliphatic hydroxyl groups excluding tert-OH is 1. The van der Waals surface area contributed by atoms with E-state index < -0.39 is 0 Å². The summed E-state index contributed by atoms with van der Waals surface area (Å²) in [6, 6.07) is 6.20. The van der Waals surface area contributed by atoms with E-state index in [9.17, 15) is 5.11 Å². The second-order valence-electron chi connectivity index (χ2n) is 3.79. The molecular weight excluding hydrogens is 174 g/mol. The van der Waals surface area contributed by atoms with Crippen molar-refractivity contribution in [2.24, 2.45) is 5.73 Å². The summed E-state index contributed by atoms with van der Waals surface area (Å²) in [7, 11) is 0. The van der Waals surface area contributed by atoms with E-state index in [1.165, 1.54) is 16.7 Å². The van der Waals surface area contributed by atoms with Crippen molar-refractivity contribution < 1.29 is 5.11 Å². The highest BCUT2D eigenvalue weighted by atomic mass is 16.3. The molecule has 0 amide bonds. The van der Waals surface area contributed by atoms with E-state index in [-0.39, 0.29) is 6.10 Å². The molecule has 14 heavy (non-hydrogen) atoms. The molecule has 1 aromatic carbocycles. The van der Waals surface area contributed by atoms with Crippen molar-refractivity contribution in [1.29, 1.82) is 0 Å². The average molecular weight is 193 g/mol. The predicted molar refractivity (Wildman–Crippen MR) is 59.3 cm³/mol. The topological polar surface area (TPSA) is 46.2 Å². The van der Waals surface area contributed by atoms with Gasteiger partial charge in [0.2, 0.25) is 0 Å². The quantitative estimate of drug-likeness (QED) is 0.762. The Kier molecular flexibility index (Phi) is 4.11. The molecule has 0 saturated heterocycles. The lowest BCUT2D eigenvalue weighted by atomic mass is 9.98. The van der Waals surface area contributed by atoms with Gasteiger partial charge in [-0.05, 0) is 49.9 Å². The van der Waals surface area contributed by atoms with Crippen LogP contribution in [0.25, 0.3) is 0 Å². The van der Waals surface area contributed by atoms with Gasteiger partial charge in [-0.3, -0.25) is 0 Å². The second kappa shape index (κ2) is 5.13. The number of nitrogens with two attached hydrogens (primary N) is 1. The molecule has 1 aromatic rings. The maximum Gasteiger partial charge on any atom is 0.0592 e. The van der Waals surface area contributed by atoms with Crippen LogP contribution in [0.2, 0.25) is 0 Å². The lowest BCUT2D eigenvalue weighted by Gasteiger charge is -2.12. The SMILES string of the molecule is Cc1cccc(CC(O)CCN)c1C. The molecule has 1 rings (SSSR count). The highest BCUT2D eigenvalue weighted by molar-refractivity contribution is 5.33. The summed E-state index contributed by atoms with van der Waals surface area (Å²) in [5.41, 5.74) is 9.18. The van der Waals surface area contributed by atoms with Gasteiger partial charge in [0.1, 0.15) is 0 Å². The molecule has 0 fully saturated rings. The second-order valence-corrected chi connectivity index (χ2v) is 3.79. The number of rotatable bonds is 4. The van der Waals surface area contributed by atoms with E-state index in [1.54, 1.807) is 0 Å². The molecule has 78 valence electrons. The summed E-state index contributed by atoms with van der Waals surface area (Å²) in [6.45, 7) is 4.74. The van der Waals surface area contributed by atoms with Crippen molar-refractivity contribution in [3.8, 4) is 0 Å². The van der Waals surface area contributed by atoms with Crippen LogP contribution in [0.1, 0.15) is 23.1 Å². The smallest absolute Gasteiger partial charge is 0.0592 e. The number of aliphatic hydroxyl groups is 1. The summed E-state index contributed by atoms with van der Waals surface area (Å²) < 4.78 is 0. The highest BCUT2D eigenvalue weighted by Gasteiger charge is 2.07. The molecule has 2 nitrogen and oxygen atoms in total. The molecule has 2 heteroatoms. The first-order chi connectivity index (χ1) is 6.65. The lowest BCUT2D eigenvalue weighted by Crippen LogP contribution is -2.16. The highest BCUT2D eigenvalue weighted by Crippen LogP contribution is 2.15. The Balaban J connectivity index is 2.71. The first kappa shape index (κ1) is 11.2. The fourth-order valence-corrected chi connectivity index (χ4v) is 1.58. The van der Waals surface area contributed by atoms with Crippen molar-refractivity contribution >= 4 is 0 Å². The van der Waals surface area contributed by atoms with Crippen LogP contribution in [-0.4, -0.2) is 17.8 Å². The van der Waals surface area contributed by atoms with E-state index in [4.69, 9.17) is 5.73 Å². The maximum absolute atomic E-state index is 9.64. The fourth-order valence-electron chi connectivity index (χ4n) is 1.58. The Labute approximate surface area is 85.8 Å². The number of hydrogen-bond donors (Lipinski definition) is 2. The molecular formula is C12H19NO. The molecule has 0 aromatic heterocycles. The summed E-state index contributed by atoms with van der Waals surface area (Å²) in [6.07, 6.45) is 1.08. The molecule has 0 aliphatic heterocycles. The van der Waals surface area contributed by atoms with Crippen LogP contribution in [0.15, 0.2) is 18.2 Å². The van der Waals surface area contributed by atoms with Crippen molar-refractivity contribution in [2.75, 3.05) is 6.54 Å². The van der Waals surface area contributed by atoms with Gasteiger partial charge < -0.3 is 10.8 Å². The minimum absolute atomic E-state index is 0.305. The summed E-state index contributed by atoms with van der Waals surface area (Å²) >= 11 is 0. The predicted octanol–water partition coefficient (Wildman–Crippen LogP) is 1.56. The molecule has 0 heterocycles. The summed E-state index contributed by atoms with van der Waals surface area (Å²) in [5.74, 6) is 0. The van der Waals surface area contributed by atoms with Gasteiger partial charge in [0.05, 0.1) is 6.10 Å². The van der Waals surface area contributed by atoms with E-state index >= 15 is 0 Å². The summed E-state index contributed by atoms with van der Waals surface area (Å²) in [5, 5.41) is 9.64. The van der Waals surface area contributed by atoms with Gasteiger partial charge in [0, 0.05) is 0 Å². The number of hydrogen-bond acceptors (Lipinski definition) is 2. The van der Waals surface area contributed by atoms with Crippen LogP contribution in [0.3, 0.4) is 0 Å².